The summed E-state index contributed by atoms with van der Waals surface area (Å²) in [7, 11) is 2.16. The topological polar surface area (TPSA) is 54.2 Å². The highest BCUT2D eigenvalue weighted by Gasteiger charge is 2.16. The number of rotatable bonds is 3. The van der Waals surface area contributed by atoms with Crippen molar-refractivity contribution in [2.75, 3.05) is 25.5 Å². The number of pyridine rings is 1. The second-order valence-electron chi connectivity index (χ2n) is 4.52. The van der Waals surface area contributed by atoms with Crippen LogP contribution in [0, 0.1) is 0 Å². The normalized spacial score (nSPS) is 17.9. The summed E-state index contributed by atoms with van der Waals surface area (Å²) in [5, 5.41) is 3.45. The molecule has 0 aromatic carbocycles. The fraction of sp³-hybridized carbons (Fsp3) is 0.500. The van der Waals surface area contributed by atoms with Gasteiger partial charge in [-0.05, 0) is 45.1 Å². The smallest absolute Gasteiger partial charge is 0.126 e. The van der Waals surface area contributed by atoms with Crippen molar-refractivity contribution in [3.63, 3.8) is 0 Å². The monoisotopic (exact) mass is 250 g/mol. The molecule has 4 nitrogen and oxygen atoms in total. The van der Waals surface area contributed by atoms with Gasteiger partial charge in [-0.3, -0.25) is 0 Å². The zero-order valence-corrected chi connectivity index (χ0v) is 10.8. The van der Waals surface area contributed by atoms with Crippen LogP contribution in [0.25, 0.3) is 0 Å². The molecule has 92 valence electrons. The molecule has 0 spiro atoms. The van der Waals surface area contributed by atoms with E-state index in [9.17, 15) is 0 Å². The second kappa shape index (κ2) is 5.42. The predicted molar refractivity (Wildman–Crippen MR) is 74.3 cm³/mol. The number of hydrogen-bond acceptors (Lipinski definition) is 4. The average Bonchev–Trinajstić information content (AvgIpc) is 2.33. The first-order chi connectivity index (χ1) is 8.15. The number of likely N-dealkylation sites (tertiary alicyclic amines) is 1. The Kier molecular flexibility index (Phi) is 3.91. The summed E-state index contributed by atoms with van der Waals surface area (Å²) in [6, 6.07) is 4.37. The van der Waals surface area contributed by atoms with E-state index in [2.05, 4.69) is 22.2 Å². The lowest BCUT2D eigenvalue weighted by atomic mass is 10.1. The van der Waals surface area contributed by atoms with Crippen LogP contribution in [-0.4, -0.2) is 41.1 Å². The highest BCUT2D eigenvalue weighted by atomic mass is 32.1. The minimum absolute atomic E-state index is 0.392. The van der Waals surface area contributed by atoms with Crippen molar-refractivity contribution in [1.29, 1.82) is 0 Å². The van der Waals surface area contributed by atoms with Gasteiger partial charge in [0.15, 0.2) is 0 Å². The van der Waals surface area contributed by atoms with Gasteiger partial charge in [0.05, 0.1) is 0 Å². The van der Waals surface area contributed by atoms with Gasteiger partial charge in [0.25, 0.3) is 0 Å². The van der Waals surface area contributed by atoms with Crippen LogP contribution >= 0.6 is 12.2 Å². The second-order valence-corrected chi connectivity index (χ2v) is 4.96. The van der Waals surface area contributed by atoms with Crippen molar-refractivity contribution >= 4 is 23.0 Å². The van der Waals surface area contributed by atoms with Crippen molar-refractivity contribution in [2.24, 2.45) is 5.73 Å². The summed E-state index contributed by atoms with van der Waals surface area (Å²) in [5.41, 5.74) is 6.34. The number of nitrogens with zero attached hydrogens (tertiary/aromatic N) is 2. The van der Waals surface area contributed by atoms with Gasteiger partial charge in [-0.15, -0.1) is 0 Å². The molecule has 1 aromatic heterocycles. The van der Waals surface area contributed by atoms with Crippen molar-refractivity contribution < 1.29 is 0 Å². The number of piperidine rings is 1. The van der Waals surface area contributed by atoms with E-state index in [4.69, 9.17) is 18.0 Å². The summed E-state index contributed by atoms with van der Waals surface area (Å²) in [6.45, 7) is 2.28. The SMILES string of the molecule is CN1CCC(Nc2ccc(C(N)=S)cn2)CC1. The van der Waals surface area contributed by atoms with Crippen LogP contribution < -0.4 is 11.1 Å². The summed E-state index contributed by atoms with van der Waals surface area (Å²) in [5.74, 6) is 0.902. The Hall–Kier alpha value is -1.20. The van der Waals surface area contributed by atoms with Gasteiger partial charge < -0.3 is 16.0 Å². The molecule has 0 bridgehead atoms. The standard InChI is InChI=1S/C12H18N4S/c1-16-6-4-10(5-7-16)15-11-3-2-9(8-14-11)12(13)17/h2-3,8,10H,4-7H2,1H3,(H2,13,17)(H,14,15). The first kappa shape index (κ1) is 12.3. The molecule has 17 heavy (non-hydrogen) atoms. The van der Waals surface area contributed by atoms with E-state index >= 15 is 0 Å². The Morgan fingerprint density at radius 3 is 2.71 bits per heavy atom. The number of hydrogen-bond donors (Lipinski definition) is 2. The van der Waals surface area contributed by atoms with Crippen LogP contribution in [0.2, 0.25) is 0 Å². The molecule has 0 saturated carbocycles. The molecule has 0 aliphatic carbocycles. The van der Waals surface area contributed by atoms with Gasteiger partial charge >= 0.3 is 0 Å². The lowest BCUT2D eigenvalue weighted by Gasteiger charge is -2.29. The highest BCUT2D eigenvalue weighted by molar-refractivity contribution is 7.80. The first-order valence-electron chi connectivity index (χ1n) is 5.86. The van der Waals surface area contributed by atoms with Crippen LogP contribution in [0.5, 0.6) is 0 Å². The van der Waals surface area contributed by atoms with Crippen LogP contribution in [0.15, 0.2) is 18.3 Å². The lowest BCUT2D eigenvalue weighted by Crippen LogP contribution is -2.36. The zero-order valence-electron chi connectivity index (χ0n) is 10.0. The van der Waals surface area contributed by atoms with Crippen LogP contribution in [0.1, 0.15) is 18.4 Å². The van der Waals surface area contributed by atoms with Crippen molar-refractivity contribution in [3.8, 4) is 0 Å². The maximum Gasteiger partial charge on any atom is 0.126 e. The summed E-state index contributed by atoms with van der Waals surface area (Å²) in [6.07, 6.45) is 4.05. The molecule has 1 aromatic rings. The molecule has 1 aliphatic rings. The Morgan fingerprint density at radius 1 is 1.47 bits per heavy atom. The fourth-order valence-electron chi connectivity index (χ4n) is 1.99. The zero-order chi connectivity index (χ0) is 12.3. The molecular formula is C12H18N4S. The number of aromatic nitrogens is 1. The van der Waals surface area contributed by atoms with E-state index in [0.717, 1.165) is 37.3 Å². The molecule has 3 N–H and O–H groups in total. The molecule has 2 rings (SSSR count). The minimum atomic E-state index is 0.392. The van der Waals surface area contributed by atoms with Gasteiger partial charge in [0, 0.05) is 17.8 Å². The summed E-state index contributed by atoms with van der Waals surface area (Å²) < 4.78 is 0. The maximum atomic E-state index is 5.53. The van der Waals surface area contributed by atoms with Crippen molar-refractivity contribution in [1.82, 2.24) is 9.88 Å². The molecule has 0 radical (unpaired) electrons. The Bertz CT molecular complexity index is 382. The minimum Gasteiger partial charge on any atom is -0.389 e. The van der Waals surface area contributed by atoms with Gasteiger partial charge in [0.2, 0.25) is 0 Å². The predicted octanol–water partition coefficient (Wildman–Crippen LogP) is 1.22. The summed E-state index contributed by atoms with van der Waals surface area (Å²) in [4.78, 5) is 7.06. The van der Waals surface area contributed by atoms with Crippen LogP contribution in [0.3, 0.4) is 0 Å². The van der Waals surface area contributed by atoms with Crippen LogP contribution in [-0.2, 0) is 0 Å². The molecule has 1 aliphatic heterocycles. The number of thiocarbonyl (C=S) groups is 1. The third kappa shape index (κ3) is 3.38. The highest BCUT2D eigenvalue weighted by Crippen LogP contribution is 2.14. The summed E-state index contributed by atoms with van der Waals surface area (Å²) >= 11 is 4.89. The number of nitrogens with one attached hydrogen (secondary N) is 1. The largest absolute Gasteiger partial charge is 0.389 e. The fourth-order valence-corrected chi connectivity index (χ4v) is 2.11. The molecular weight excluding hydrogens is 232 g/mol. The quantitative estimate of drug-likeness (QED) is 0.790. The van der Waals surface area contributed by atoms with E-state index < -0.39 is 0 Å². The number of anilines is 1. The van der Waals surface area contributed by atoms with Crippen LogP contribution in [0.4, 0.5) is 5.82 Å². The van der Waals surface area contributed by atoms with Gasteiger partial charge in [0.1, 0.15) is 10.8 Å². The van der Waals surface area contributed by atoms with Gasteiger partial charge in [-0.1, -0.05) is 12.2 Å². The Morgan fingerprint density at radius 2 is 2.18 bits per heavy atom. The van der Waals surface area contributed by atoms with Gasteiger partial charge in [-0.2, -0.15) is 0 Å². The van der Waals surface area contributed by atoms with Gasteiger partial charge in [-0.25, -0.2) is 4.98 Å². The molecule has 0 atom stereocenters. The third-order valence-corrected chi connectivity index (χ3v) is 3.35. The van der Waals surface area contributed by atoms with E-state index in [1.807, 2.05) is 12.1 Å². The molecule has 0 amide bonds. The lowest BCUT2D eigenvalue weighted by molar-refractivity contribution is 0.263. The number of nitrogens with two attached hydrogens (primary N) is 1. The average molecular weight is 250 g/mol. The van der Waals surface area contributed by atoms with E-state index in [-0.39, 0.29) is 0 Å². The van der Waals surface area contributed by atoms with E-state index in [0.29, 0.717) is 11.0 Å². The molecule has 2 heterocycles. The van der Waals surface area contributed by atoms with Crippen molar-refractivity contribution in [2.45, 2.75) is 18.9 Å². The molecule has 1 saturated heterocycles. The van der Waals surface area contributed by atoms with E-state index in [1.54, 1.807) is 6.20 Å². The Labute approximate surface area is 107 Å². The molecule has 5 heteroatoms. The first-order valence-corrected chi connectivity index (χ1v) is 6.27. The maximum absolute atomic E-state index is 5.53. The Balaban J connectivity index is 1.92. The molecule has 1 fully saturated rings. The third-order valence-electron chi connectivity index (χ3n) is 3.12. The van der Waals surface area contributed by atoms with E-state index in [1.165, 1.54) is 0 Å². The van der Waals surface area contributed by atoms with Crippen molar-refractivity contribution in [3.05, 3.63) is 23.9 Å². The molecule has 0 unspecified atom stereocenters.